The van der Waals surface area contributed by atoms with Gasteiger partial charge in [0.2, 0.25) is 0 Å². The number of thiazole rings is 1. The molecule has 22 heavy (non-hydrogen) atoms. The highest BCUT2D eigenvalue weighted by atomic mass is 32.1. The van der Waals surface area contributed by atoms with Crippen molar-refractivity contribution in [3.05, 3.63) is 29.3 Å². The second-order valence-corrected chi connectivity index (χ2v) is 6.20. The first-order valence-electron chi connectivity index (χ1n) is 6.80. The molecule has 0 aliphatic carbocycles. The average molecular weight is 319 g/mol. The molecule has 7 nitrogen and oxygen atoms in total. The zero-order chi connectivity index (χ0) is 15.9. The van der Waals surface area contributed by atoms with E-state index in [9.17, 15) is 4.79 Å². The number of nitrogens with one attached hydrogen (secondary N) is 1. The molecule has 116 valence electrons. The number of rotatable bonds is 4. The Bertz CT molecular complexity index is 795. The number of hydrogen-bond donors (Lipinski definition) is 1. The maximum atomic E-state index is 11.8. The lowest BCUT2D eigenvalue weighted by Gasteiger charge is -2.06. The summed E-state index contributed by atoms with van der Waals surface area (Å²) in [5, 5.41) is 8.35. The molecule has 0 saturated carbocycles. The third-order valence-corrected chi connectivity index (χ3v) is 4.35. The summed E-state index contributed by atoms with van der Waals surface area (Å²) >= 11 is 1.56. The molecule has 3 rings (SSSR count). The van der Waals surface area contributed by atoms with E-state index in [4.69, 9.17) is 4.42 Å². The predicted molar refractivity (Wildman–Crippen MR) is 85.2 cm³/mol. The van der Waals surface area contributed by atoms with Crippen molar-refractivity contribution < 1.29 is 9.21 Å². The monoisotopic (exact) mass is 319 g/mol. The SMILES string of the molecule is Cc1nn(C)c2nc(NCc3ccc(C(=O)N(C)C)o3)sc12. The van der Waals surface area contributed by atoms with E-state index in [2.05, 4.69) is 15.4 Å². The minimum Gasteiger partial charge on any atom is -0.454 e. The second-order valence-electron chi connectivity index (χ2n) is 5.20. The van der Waals surface area contributed by atoms with Crippen molar-refractivity contribution in [3.63, 3.8) is 0 Å². The fourth-order valence-corrected chi connectivity index (χ4v) is 3.06. The first-order chi connectivity index (χ1) is 10.5. The van der Waals surface area contributed by atoms with Crippen LogP contribution in [0.5, 0.6) is 0 Å². The van der Waals surface area contributed by atoms with E-state index in [1.165, 1.54) is 4.90 Å². The van der Waals surface area contributed by atoms with Gasteiger partial charge in [-0.25, -0.2) is 9.67 Å². The van der Waals surface area contributed by atoms with Crippen LogP contribution in [-0.4, -0.2) is 39.7 Å². The van der Waals surface area contributed by atoms with Gasteiger partial charge in [-0.15, -0.1) is 0 Å². The quantitative estimate of drug-likeness (QED) is 0.798. The molecule has 0 aliphatic heterocycles. The van der Waals surface area contributed by atoms with E-state index < -0.39 is 0 Å². The minimum atomic E-state index is -0.145. The van der Waals surface area contributed by atoms with E-state index in [1.807, 2.05) is 14.0 Å². The van der Waals surface area contributed by atoms with Crippen molar-refractivity contribution in [3.8, 4) is 0 Å². The molecule has 3 aromatic heterocycles. The molecule has 3 heterocycles. The molecule has 0 unspecified atom stereocenters. The first-order valence-corrected chi connectivity index (χ1v) is 7.61. The van der Waals surface area contributed by atoms with Crippen molar-refractivity contribution in [1.82, 2.24) is 19.7 Å². The molecule has 0 spiro atoms. The summed E-state index contributed by atoms with van der Waals surface area (Å²) in [6.45, 7) is 2.45. The number of carbonyl (C=O) groups is 1. The van der Waals surface area contributed by atoms with Gasteiger partial charge in [0, 0.05) is 21.1 Å². The largest absolute Gasteiger partial charge is 0.454 e. The zero-order valence-electron chi connectivity index (χ0n) is 12.9. The Morgan fingerprint density at radius 2 is 2.23 bits per heavy atom. The Labute approximate surface area is 131 Å². The number of aromatic nitrogens is 3. The molecule has 0 radical (unpaired) electrons. The summed E-state index contributed by atoms with van der Waals surface area (Å²) in [5.41, 5.74) is 1.84. The standard InChI is InChI=1S/C14H17N5O2S/c1-8-11-12(19(4)17-8)16-14(22-11)15-7-9-5-6-10(21-9)13(20)18(2)3/h5-6H,7H2,1-4H3,(H,15,16). The van der Waals surface area contributed by atoms with E-state index in [0.717, 1.165) is 21.2 Å². The number of fused-ring (bicyclic) bond motifs is 1. The van der Waals surface area contributed by atoms with E-state index in [0.29, 0.717) is 18.1 Å². The Hall–Kier alpha value is -2.35. The fourth-order valence-electron chi connectivity index (χ4n) is 2.13. The van der Waals surface area contributed by atoms with E-state index >= 15 is 0 Å². The highest BCUT2D eigenvalue weighted by Gasteiger charge is 2.14. The van der Waals surface area contributed by atoms with Crippen LogP contribution < -0.4 is 5.32 Å². The predicted octanol–water partition coefficient (Wildman–Crippen LogP) is 2.25. The first kappa shape index (κ1) is 14.6. The van der Waals surface area contributed by atoms with Crippen molar-refractivity contribution in [1.29, 1.82) is 0 Å². The lowest BCUT2D eigenvalue weighted by atomic mass is 10.4. The Morgan fingerprint density at radius 3 is 2.91 bits per heavy atom. The van der Waals surface area contributed by atoms with Crippen molar-refractivity contribution in [2.75, 3.05) is 19.4 Å². The van der Waals surface area contributed by atoms with Crippen LogP contribution in [0, 0.1) is 6.92 Å². The Balaban J connectivity index is 1.71. The van der Waals surface area contributed by atoms with Gasteiger partial charge < -0.3 is 14.6 Å². The van der Waals surface area contributed by atoms with Gasteiger partial charge in [0.05, 0.1) is 16.9 Å². The van der Waals surface area contributed by atoms with Crippen LogP contribution in [0.15, 0.2) is 16.5 Å². The molecule has 0 bridgehead atoms. The molecule has 1 amide bonds. The van der Waals surface area contributed by atoms with E-state index in [-0.39, 0.29) is 5.91 Å². The topological polar surface area (TPSA) is 76.2 Å². The van der Waals surface area contributed by atoms with E-state index in [1.54, 1.807) is 42.2 Å². The third-order valence-electron chi connectivity index (χ3n) is 3.24. The maximum Gasteiger partial charge on any atom is 0.289 e. The number of aryl methyl sites for hydroxylation is 2. The molecule has 0 aromatic carbocycles. The zero-order valence-corrected chi connectivity index (χ0v) is 13.7. The number of nitrogens with zero attached hydrogens (tertiary/aromatic N) is 4. The van der Waals surface area contributed by atoms with Crippen LogP contribution in [0.1, 0.15) is 22.0 Å². The Morgan fingerprint density at radius 1 is 1.45 bits per heavy atom. The van der Waals surface area contributed by atoms with Crippen LogP contribution in [0.4, 0.5) is 5.13 Å². The van der Waals surface area contributed by atoms with Gasteiger partial charge in [-0.2, -0.15) is 5.10 Å². The van der Waals surface area contributed by atoms with Gasteiger partial charge in [-0.3, -0.25) is 4.79 Å². The molecule has 0 saturated heterocycles. The third kappa shape index (κ3) is 2.57. The van der Waals surface area contributed by atoms with Crippen molar-refractivity contribution in [2.24, 2.45) is 7.05 Å². The van der Waals surface area contributed by atoms with Gasteiger partial charge in [-0.05, 0) is 19.1 Å². The summed E-state index contributed by atoms with van der Waals surface area (Å²) in [6.07, 6.45) is 0. The smallest absolute Gasteiger partial charge is 0.289 e. The van der Waals surface area contributed by atoms with Gasteiger partial charge in [-0.1, -0.05) is 11.3 Å². The molecule has 1 N–H and O–H groups in total. The molecule has 0 fully saturated rings. The summed E-state index contributed by atoms with van der Waals surface area (Å²) < 4.78 is 8.38. The lowest BCUT2D eigenvalue weighted by Crippen LogP contribution is -2.20. The summed E-state index contributed by atoms with van der Waals surface area (Å²) in [5.74, 6) is 0.887. The lowest BCUT2D eigenvalue weighted by molar-refractivity contribution is 0.0795. The summed E-state index contributed by atoms with van der Waals surface area (Å²) in [4.78, 5) is 17.8. The molecular formula is C14H17N5O2S. The number of furan rings is 1. The van der Waals surface area contributed by atoms with Crippen LogP contribution in [0.25, 0.3) is 10.3 Å². The highest BCUT2D eigenvalue weighted by molar-refractivity contribution is 7.22. The molecule has 0 aliphatic rings. The fraction of sp³-hybridized carbons (Fsp3) is 0.357. The van der Waals surface area contributed by atoms with Crippen molar-refractivity contribution >= 4 is 32.7 Å². The molecule has 0 atom stereocenters. The van der Waals surface area contributed by atoms with Crippen LogP contribution in [-0.2, 0) is 13.6 Å². The van der Waals surface area contributed by atoms with Gasteiger partial charge in [0.1, 0.15) is 5.76 Å². The van der Waals surface area contributed by atoms with Gasteiger partial charge >= 0.3 is 0 Å². The number of carbonyl (C=O) groups excluding carboxylic acids is 1. The Kier molecular flexibility index (Phi) is 3.61. The minimum absolute atomic E-state index is 0.145. The highest BCUT2D eigenvalue weighted by Crippen LogP contribution is 2.28. The average Bonchev–Trinajstić information content (AvgIpc) is 3.15. The van der Waals surface area contributed by atoms with Crippen molar-refractivity contribution in [2.45, 2.75) is 13.5 Å². The molecular weight excluding hydrogens is 302 g/mol. The number of anilines is 1. The van der Waals surface area contributed by atoms with Crippen LogP contribution in [0.3, 0.4) is 0 Å². The maximum absolute atomic E-state index is 11.8. The second kappa shape index (κ2) is 5.45. The van der Waals surface area contributed by atoms with Crippen LogP contribution >= 0.6 is 11.3 Å². The summed E-state index contributed by atoms with van der Waals surface area (Å²) in [7, 11) is 5.27. The van der Waals surface area contributed by atoms with Gasteiger partial charge in [0.15, 0.2) is 16.5 Å². The number of amides is 1. The normalized spacial score (nSPS) is 11.1. The molecule has 3 aromatic rings. The van der Waals surface area contributed by atoms with Gasteiger partial charge in [0.25, 0.3) is 5.91 Å². The molecule has 8 heteroatoms. The number of hydrogen-bond acceptors (Lipinski definition) is 6. The van der Waals surface area contributed by atoms with Crippen LogP contribution in [0.2, 0.25) is 0 Å². The summed E-state index contributed by atoms with van der Waals surface area (Å²) in [6, 6.07) is 3.48.